The van der Waals surface area contributed by atoms with Crippen LogP contribution in [0.2, 0.25) is 0 Å². The van der Waals surface area contributed by atoms with Crippen molar-refractivity contribution in [2.75, 3.05) is 26.4 Å². The molecule has 0 spiro atoms. The molecule has 2 unspecified atom stereocenters. The summed E-state index contributed by atoms with van der Waals surface area (Å²) >= 11 is 0. The predicted molar refractivity (Wildman–Crippen MR) is 390 cm³/mol. The van der Waals surface area contributed by atoms with Gasteiger partial charge in [0.2, 0.25) is 0 Å². The molecular formula is C80H146NO8P. The molecule has 0 aliphatic rings. The molecule has 2 atom stereocenters. The lowest BCUT2D eigenvalue weighted by Gasteiger charge is -2.19. The van der Waals surface area contributed by atoms with Crippen LogP contribution in [0.5, 0.6) is 0 Å². The van der Waals surface area contributed by atoms with E-state index in [9.17, 15) is 19.0 Å². The van der Waals surface area contributed by atoms with E-state index in [0.717, 1.165) is 89.9 Å². The van der Waals surface area contributed by atoms with Gasteiger partial charge in [-0.05, 0) is 70.6 Å². The number of hydrogen-bond acceptors (Lipinski definition) is 8. The van der Waals surface area contributed by atoms with E-state index in [0.29, 0.717) is 6.42 Å². The Morgan fingerprint density at radius 2 is 0.611 bits per heavy atom. The summed E-state index contributed by atoms with van der Waals surface area (Å²) in [5, 5.41) is 0. The molecule has 0 aliphatic carbocycles. The third-order valence-electron chi connectivity index (χ3n) is 17.0. The van der Waals surface area contributed by atoms with Crippen LogP contribution in [0, 0.1) is 0 Å². The number of carbonyl (C=O) groups excluding carboxylic acids is 2. The molecule has 0 amide bonds. The van der Waals surface area contributed by atoms with Crippen LogP contribution in [0.3, 0.4) is 0 Å². The highest BCUT2D eigenvalue weighted by atomic mass is 31.2. The standard InChI is InChI=1S/C80H146NO8P/c1-3-5-7-9-11-13-15-17-19-21-23-25-27-29-31-33-35-36-37-38-39-40-41-43-44-46-48-50-52-54-56-58-60-62-64-66-68-70-72-79(82)86-76-78(77-88-90(84,85)87-75-74-81)89-80(83)73-71-69-67-65-63-61-59-57-55-53-51-49-47-45-42-34-32-30-28-26-24-22-20-18-16-14-12-10-8-6-4-2/h6,8,12,14,18,20,24,26,30,32,42,45,49,51,78H,3-5,7,9-11,13,15-17,19,21-23,25,27-29,31,33-41,43-44,46-48,50,52-77,81H2,1-2H3,(H,84,85)/b8-6-,14-12-,20-18-,26-24-,32-30-,45-42-,51-49-. The van der Waals surface area contributed by atoms with Crippen LogP contribution in [0.25, 0.3) is 0 Å². The lowest BCUT2D eigenvalue weighted by Crippen LogP contribution is -2.29. The molecule has 0 saturated heterocycles. The first kappa shape index (κ1) is 87.2. The van der Waals surface area contributed by atoms with Crippen LogP contribution in [0.15, 0.2) is 85.1 Å². The highest BCUT2D eigenvalue weighted by Crippen LogP contribution is 2.43. The molecule has 90 heavy (non-hydrogen) atoms. The van der Waals surface area contributed by atoms with Gasteiger partial charge in [0, 0.05) is 19.4 Å². The number of rotatable bonds is 73. The summed E-state index contributed by atoms with van der Waals surface area (Å²) in [4.78, 5) is 35.4. The largest absolute Gasteiger partial charge is 0.472 e. The predicted octanol–water partition coefficient (Wildman–Crippen LogP) is 25.7. The van der Waals surface area contributed by atoms with Gasteiger partial charge in [-0.3, -0.25) is 18.6 Å². The van der Waals surface area contributed by atoms with Gasteiger partial charge in [-0.1, -0.05) is 381 Å². The molecule has 3 N–H and O–H groups in total. The molecule has 0 aromatic heterocycles. The summed E-state index contributed by atoms with van der Waals surface area (Å²) < 4.78 is 33.2. The van der Waals surface area contributed by atoms with Crippen LogP contribution in [0.4, 0.5) is 0 Å². The van der Waals surface area contributed by atoms with Gasteiger partial charge in [0.1, 0.15) is 6.61 Å². The number of phosphoric acid groups is 1. The summed E-state index contributed by atoms with van der Waals surface area (Å²) in [6, 6.07) is 0. The van der Waals surface area contributed by atoms with Crippen LogP contribution >= 0.6 is 7.82 Å². The van der Waals surface area contributed by atoms with E-state index >= 15 is 0 Å². The molecule has 524 valence electrons. The Morgan fingerprint density at radius 1 is 0.344 bits per heavy atom. The second-order valence-electron chi connectivity index (χ2n) is 25.9. The normalized spacial score (nSPS) is 13.3. The maximum absolute atomic E-state index is 12.8. The zero-order valence-corrected chi connectivity index (χ0v) is 60.0. The lowest BCUT2D eigenvalue weighted by molar-refractivity contribution is -0.161. The minimum Gasteiger partial charge on any atom is -0.462 e. The smallest absolute Gasteiger partial charge is 0.462 e. The summed E-state index contributed by atoms with van der Waals surface area (Å²) in [6.07, 6.45) is 101. The number of phosphoric ester groups is 1. The highest BCUT2D eigenvalue weighted by molar-refractivity contribution is 7.47. The number of nitrogens with two attached hydrogens (primary N) is 1. The van der Waals surface area contributed by atoms with Gasteiger partial charge < -0.3 is 20.1 Å². The highest BCUT2D eigenvalue weighted by Gasteiger charge is 2.26. The van der Waals surface area contributed by atoms with Crippen LogP contribution in [-0.2, 0) is 32.7 Å². The second-order valence-corrected chi connectivity index (χ2v) is 27.3. The minimum atomic E-state index is -4.40. The van der Waals surface area contributed by atoms with Crippen molar-refractivity contribution >= 4 is 19.8 Å². The van der Waals surface area contributed by atoms with E-state index in [2.05, 4.69) is 98.9 Å². The maximum Gasteiger partial charge on any atom is 0.472 e. The van der Waals surface area contributed by atoms with E-state index in [1.165, 1.54) is 257 Å². The number of esters is 2. The Hall–Kier alpha value is -2.81. The third kappa shape index (κ3) is 74.2. The van der Waals surface area contributed by atoms with Gasteiger partial charge in [-0.2, -0.15) is 0 Å². The molecule has 10 heteroatoms. The molecule has 0 fully saturated rings. The minimum absolute atomic E-state index is 0.0505. The molecule has 0 bridgehead atoms. The van der Waals surface area contributed by atoms with Crippen molar-refractivity contribution in [2.24, 2.45) is 5.73 Å². The second kappa shape index (κ2) is 75.2. The van der Waals surface area contributed by atoms with E-state index in [4.69, 9.17) is 24.3 Å². The first-order valence-electron chi connectivity index (χ1n) is 38.6. The van der Waals surface area contributed by atoms with E-state index in [1.807, 2.05) is 0 Å². The maximum atomic E-state index is 12.8. The Morgan fingerprint density at radius 3 is 0.911 bits per heavy atom. The summed E-state index contributed by atoms with van der Waals surface area (Å²) in [5.41, 5.74) is 5.41. The van der Waals surface area contributed by atoms with Gasteiger partial charge in [-0.15, -0.1) is 0 Å². The molecule has 0 saturated carbocycles. The van der Waals surface area contributed by atoms with E-state index in [-0.39, 0.29) is 38.6 Å². The Balaban J connectivity index is 3.81. The summed E-state index contributed by atoms with van der Waals surface area (Å²) in [7, 11) is -4.40. The van der Waals surface area contributed by atoms with Crippen LogP contribution in [0.1, 0.15) is 380 Å². The summed E-state index contributed by atoms with van der Waals surface area (Å²) in [6.45, 7) is 3.68. The average Bonchev–Trinajstić information content (AvgIpc) is 3.75. The fraction of sp³-hybridized carbons (Fsp3) is 0.800. The van der Waals surface area contributed by atoms with Gasteiger partial charge >= 0.3 is 19.8 Å². The van der Waals surface area contributed by atoms with Gasteiger partial charge in [-0.25, -0.2) is 4.57 Å². The SMILES string of the molecule is CC/C=C\C/C=C\C/C=C\C/C=C\C/C=C\C/C=C\C/C=C\CCCCCCCCCCCC(=O)OC(COC(=O)CCCCCCCCCCCCCCCCCCCCCCCCCCCCCCCCCCCCCCCC)COP(=O)(O)OCCN. The number of allylic oxidation sites excluding steroid dienone is 14. The van der Waals surface area contributed by atoms with E-state index in [1.54, 1.807) is 0 Å². The fourth-order valence-electron chi connectivity index (χ4n) is 11.4. The van der Waals surface area contributed by atoms with Gasteiger partial charge in [0.05, 0.1) is 13.2 Å². The van der Waals surface area contributed by atoms with Crippen molar-refractivity contribution in [3.63, 3.8) is 0 Å². The Kier molecular flexibility index (Phi) is 72.9. The summed E-state index contributed by atoms with van der Waals surface area (Å²) in [5.74, 6) is -0.822. The average molecular weight is 1280 g/mol. The molecular weight excluding hydrogens is 1130 g/mol. The zero-order valence-electron chi connectivity index (χ0n) is 59.1. The topological polar surface area (TPSA) is 134 Å². The van der Waals surface area contributed by atoms with Gasteiger partial charge in [0.25, 0.3) is 0 Å². The van der Waals surface area contributed by atoms with Crippen LogP contribution < -0.4 is 5.73 Å². The Labute approximate surface area is 557 Å². The lowest BCUT2D eigenvalue weighted by atomic mass is 10.0. The van der Waals surface area contributed by atoms with E-state index < -0.39 is 26.5 Å². The third-order valence-corrected chi connectivity index (χ3v) is 18.0. The number of hydrogen-bond donors (Lipinski definition) is 2. The first-order chi connectivity index (χ1) is 44.3. The molecule has 0 aromatic carbocycles. The number of carbonyl (C=O) groups is 2. The molecule has 0 aliphatic heterocycles. The van der Waals surface area contributed by atoms with Crippen molar-refractivity contribution < 1.29 is 37.6 Å². The fourth-order valence-corrected chi connectivity index (χ4v) is 12.2. The number of ether oxygens (including phenoxy) is 2. The van der Waals surface area contributed by atoms with Crippen molar-refractivity contribution in [2.45, 2.75) is 386 Å². The van der Waals surface area contributed by atoms with Crippen molar-refractivity contribution in [3.8, 4) is 0 Å². The monoisotopic (exact) mass is 1280 g/mol. The quantitative estimate of drug-likeness (QED) is 0.0264. The molecule has 0 aromatic rings. The molecule has 0 rings (SSSR count). The molecule has 9 nitrogen and oxygen atoms in total. The molecule has 0 radical (unpaired) electrons. The number of unbranched alkanes of at least 4 members (excludes halogenated alkanes) is 46. The van der Waals surface area contributed by atoms with Crippen molar-refractivity contribution in [1.29, 1.82) is 0 Å². The first-order valence-corrected chi connectivity index (χ1v) is 40.1. The van der Waals surface area contributed by atoms with Crippen molar-refractivity contribution in [1.82, 2.24) is 0 Å². The van der Waals surface area contributed by atoms with Crippen molar-refractivity contribution in [3.05, 3.63) is 85.1 Å². The van der Waals surface area contributed by atoms with Gasteiger partial charge in [0.15, 0.2) is 6.10 Å². The van der Waals surface area contributed by atoms with Crippen LogP contribution in [-0.4, -0.2) is 49.3 Å². The zero-order chi connectivity index (χ0) is 65.1. The molecule has 0 heterocycles. The Bertz CT molecular complexity index is 1750.